The Balaban J connectivity index is 1.11. The van der Waals surface area contributed by atoms with E-state index in [2.05, 4.69) is 26.8 Å². The number of allylic oxidation sites excluding steroid dienone is 2. The molecule has 3 saturated heterocycles. The zero-order chi connectivity index (χ0) is 51.6. The van der Waals surface area contributed by atoms with Gasteiger partial charge < -0.3 is 105 Å². The summed E-state index contributed by atoms with van der Waals surface area (Å²) in [6.45, 7) is 9.60. The minimum absolute atomic E-state index is 0.0213. The van der Waals surface area contributed by atoms with Crippen molar-refractivity contribution in [3.63, 3.8) is 0 Å². The molecule has 27 atom stereocenters. The number of carbonyl (C=O) groups is 1. The van der Waals surface area contributed by atoms with Crippen molar-refractivity contribution in [3.8, 4) is 0 Å². The van der Waals surface area contributed by atoms with Gasteiger partial charge in [-0.05, 0) is 84.4 Å². The second kappa shape index (κ2) is 19.2. The molecular weight excluding hydrogens is 929 g/mol. The lowest BCUT2D eigenvalue weighted by Crippen LogP contribution is -2.72. The quantitative estimate of drug-likeness (QED) is 0.0708. The molecule has 15 N–H and O–H groups in total. The summed E-state index contributed by atoms with van der Waals surface area (Å²) in [6.07, 6.45) is -27.6. The van der Waals surface area contributed by atoms with Crippen LogP contribution in [0.1, 0.15) is 86.5 Å². The maximum absolute atomic E-state index is 13.0. The Bertz CT molecular complexity index is 1920. The number of carboxylic acid groups (broad SMARTS) is 1. The second-order valence-electron chi connectivity index (χ2n) is 23.6. The van der Waals surface area contributed by atoms with E-state index in [9.17, 15) is 81.4 Å². The third-order valence-corrected chi connectivity index (χ3v) is 19.8. The van der Waals surface area contributed by atoms with Gasteiger partial charge in [-0.2, -0.15) is 0 Å². The maximum Gasteiger partial charge on any atom is 0.335 e. The highest BCUT2D eigenvalue weighted by atomic mass is 16.8. The molecule has 4 saturated carbocycles. The first-order chi connectivity index (χ1) is 32.7. The predicted octanol–water partition coefficient (Wildman–Crippen LogP) is -3.41. The molecule has 8 aliphatic rings. The van der Waals surface area contributed by atoms with Crippen LogP contribution in [0.3, 0.4) is 0 Å². The Kier molecular flexibility index (Phi) is 15.0. The number of hydrogen-bond acceptors (Lipinski definition) is 21. The highest BCUT2D eigenvalue weighted by Gasteiger charge is 2.73. The van der Waals surface area contributed by atoms with Gasteiger partial charge in [-0.3, -0.25) is 0 Å². The summed E-state index contributed by atoms with van der Waals surface area (Å²) in [6, 6.07) is 0. The molecule has 70 heavy (non-hydrogen) atoms. The standard InChI is InChI=1S/C48H78O22/c1-43(2)13-20-19-7-8-24-44(3)11-10-26(45(4,17-51)23(44)9-12-46(24,5)47(19,6)14-25(53)48(20,18-52)38(62)37(43)61)67-42-35(69-41-32(59)30(57)28(55)22(16-50)66-41)33(60)34(36(70-42)39(63)64)68-40-31(58)29(56)27(54)21(15-49)65-40/h7,20-38,40-42,49-62H,8-18H2,1-6H3,(H,63,64)/t20-,21-,22+,23-,24-,25+,26-,27-,28-,29-,30-,31-,32+,33+,34-,35-,36-,37+,38+,40-,41-,42-,44+,45-,46+,47-,48-/m0/s1. The molecule has 0 radical (unpaired) electrons. The normalized spacial score (nSPS) is 55.6. The predicted molar refractivity (Wildman–Crippen MR) is 236 cm³/mol. The van der Waals surface area contributed by atoms with Gasteiger partial charge in [0.2, 0.25) is 0 Å². The van der Waals surface area contributed by atoms with Crippen molar-refractivity contribution in [1.29, 1.82) is 0 Å². The molecule has 22 heteroatoms. The van der Waals surface area contributed by atoms with E-state index in [4.69, 9.17) is 28.4 Å². The molecule has 22 nitrogen and oxygen atoms in total. The van der Waals surface area contributed by atoms with Crippen LogP contribution in [0, 0.1) is 50.2 Å². The van der Waals surface area contributed by atoms with Crippen molar-refractivity contribution < 1.29 is 110 Å². The monoisotopic (exact) mass is 1010 g/mol. The SMILES string of the molecule is CC1(C)C[C@H]2C3=CC[C@H]4[C@]5(C)CC[C@H](O[C@H]6O[C@H](C(=O)O)[C@@H](O[C@@H]7O[C@@H](CO)[C@H](O)[C@H](O)[C@@H]7O)[C@@H](O)[C@@H]6O[C@@H]6O[C@H](CO)[C@H](O)[C@H](O)[C@H]6O)[C@@](C)(CO)[C@H]5CC[C@@]4(C)[C@@]3(C)C[C@@H](O)[C@@]2(CO)[C@H](O)[C@H]1O. The number of ether oxygens (including phenoxy) is 6. The molecule has 3 aliphatic heterocycles. The number of aliphatic hydroxyl groups excluding tert-OH is 14. The summed E-state index contributed by atoms with van der Waals surface area (Å²) < 4.78 is 35.7. The molecular formula is C48H78O22. The highest BCUT2D eigenvalue weighted by Crippen LogP contribution is 2.76. The molecule has 5 aliphatic carbocycles. The molecule has 0 aromatic carbocycles. The minimum atomic E-state index is -2.15. The Morgan fingerprint density at radius 2 is 1.20 bits per heavy atom. The van der Waals surface area contributed by atoms with Gasteiger partial charge in [-0.25, -0.2) is 4.79 Å². The fourth-order valence-electron chi connectivity index (χ4n) is 15.4. The molecule has 8 rings (SSSR count). The Morgan fingerprint density at radius 1 is 0.629 bits per heavy atom. The molecule has 0 bridgehead atoms. The van der Waals surface area contributed by atoms with Gasteiger partial charge >= 0.3 is 5.97 Å². The van der Waals surface area contributed by atoms with E-state index in [1.54, 1.807) is 0 Å². The van der Waals surface area contributed by atoms with Gasteiger partial charge in [0.25, 0.3) is 0 Å². The van der Waals surface area contributed by atoms with Crippen molar-refractivity contribution in [2.45, 2.75) is 203 Å². The largest absolute Gasteiger partial charge is 0.479 e. The first kappa shape index (κ1) is 54.7. The average Bonchev–Trinajstić information content (AvgIpc) is 3.31. The van der Waals surface area contributed by atoms with Crippen LogP contribution in [0.5, 0.6) is 0 Å². The summed E-state index contributed by atoms with van der Waals surface area (Å²) in [4.78, 5) is 13.0. The first-order valence-electron chi connectivity index (χ1n) is 24.8. The third-order valence-electron chi connectivity index (χ3n) is 19.8. The van der Waals surface area contributed by atoms with Crippen molar-refractivity contribution in [3.05, 3.63) is 11.6 Å². The molecule has 7 fully saturated rings. The number of hydrogen-bond donors (Lipinski definition) is 15. The molecule has 0 spiro atoms. The lowest BCUT2D eigenvalue weighted by Gasteiger charge is -2.72. The van der Waals surface area contributed by atoms with E-state index >= 15 is 0 Å². The summed E-state index contributed by atoms with van der Waals surface area (Å²) in [5.41, 5.74) is -3.63. The zero-order valence-corrected chi connectivity index (χ0v) is 40.6. The molecule has 0 aromatic heterocycles. The fourth-order valence-corrected chi connectivity index (χ4v) is 15.4. The lowest BCUT2D eigenvalue weighted by atomic mass is 9.33. The summed E-state index contributed by atoms with van der Waals surface area (Å²) >= 11 is 0. The van der Waals surface area contributed by atoms with E-state index in [-0.39, 0.29) is 24.7 Å². The summed E-state index contributed by atoms with van der Waals surface area (Å²) in [5, 5.41) is 164. The number of fused-ring (bicyclic) bond motifs is 7. The second-order valence-corrected chi connectivity index (χ2v) is 23.6. The van der Waals surface area contributed by atoms with Gasteiger partial charge in [0, 0.05) is 5.41 Å². The van der Waals surface area contributed by atoms with Crippen LogP contribution in [-0.2, 0) is 33.2 Å². The topological polar surface area (TPSA) is 376 Å². The fraction of sp³-hybridized carbons (Fsp3) is 0.938. The van der Waals surface area contributed by atoms with Crippen LogP contribution in [0.4, 0.5) is 0 Å². The molecule has 0 amide bonds. The number of carboxylic acids is 1. The number of rotatable bonds is 11. The molecule has 402 valence electrons. The highest BCUT2D eigenvalue weighted by molar-refractivity contribution is 5.73. The van der Waals surface area contributed by atoms with E-state index in [1.807, 2.05) is 20.8 Å². The van der Waals surface area contributed by atoms with Crippen molar-refractivity contribution in [1.82, 2.24) is 0 Å². The molecule has 0 unspecified atom stereocenters. The number of aliphatic hydroxyl groups is 14. The lowest BCUT2D eigenvalue weighted by molar-refractivity contribution is -0.392. The van der Waals surface area contributed by atoms with E-state index in [0.717, 1.165) is 5.57 Å². The average molecular weight is 1010 g/mol. The van der Waals surface area contributed by atoms with Crippen LogP contribution in [0.25, 0.3) is 0 Å². The van der Waals surface area contributed by atoms with E-state index in [0.29, 0.717) is 32.1 Å². The smallest absolute Gasteiger partial charge is 0.335 e. The molecule has 0 aromatic rings. The van der Waals surface area contributed by atoms with Gasteiger partial charge in [0.1, 0.15) is 67.1 Å². The summed E-state index contributed by atoms with van der Waals surface area (Å²) in [7, 11) is 0. The van der Waals surface area contributed by atoms with Crippen LogP contribution in [-0.4, -0.2) is 226 Å². The summed E-state index contributed by atoms with van der Waals surface area (Å²) in [5.74, 6) is -2.40. The molecule has 3 heterocycles. The minimum Gasteiger partial charge on any atom is -0.479 e. The van der Waals surface area contributed by atoms with Gasteiger partial charge in [0.05, 0.1) is 56.3 Å². The van der Waals surface area contributed by atoms with Gasteiger partial charge in [-0.15, -0.1) is 0 Å². The first-order valence-corrected chi connectivity index (χ1v) is 24.8. The van der Waals surface area contributed by atoms with Crippen molar-refractivity contribution in [2.24, 2.45) is 50.2 Å². The maximum atomic E-state index is 13.0. The Hall–Kier alpha value is -1.59. The van der Waals surface area contributed by atoms with Crippen LogP contribution < -0.4 is 0 Å². The van der Waals surface area contributed by atoms with Gasteiger partial charge in [-0.1, -0.05) is 53.2 Å². The van der Waals surface area contributed by atoms with Gasteiger partial charge in [0.15, 0.2) is 25.0 Å². The van der Waals surface area contributed by atoms with E-state index < -0.39 is 187 Å². The van der Waals surface area contributed by atoms with Crippen LogP contribution in [0.15, 0.2) is 11.6 Å². The Morgan fingerprint density at radius 3 is 1.73 bits per heavy atom. The third kappa shape index (κ3) is 8.00. The zero-order valence-electron chi connectivity index (χ0n) is 40.6. The van der Waals surface area contributed by atoms with Crippen molar-refractivity contribution >= 4 is 5.97 Å². The van der Waals surface area contributed by atoms with Crippen molar-refractivity contribution in [2.75, 3.05) is 26.4 Å². The van der Waals surface area contributed by atoms with Crippen LogP contribution >= 0.6 is 0 Å². The Labute approximate surface area is 406 Å². The van der Waals surface area contributed by atoms with Crippen LogP contribution in [0.2, 0.25) is 0 Å². The number of aliphatic carboxylic acids is 1. The van der Waals surface area contributed by atoms with E-state index in [1.165, 1.54) is 0 Å².